The molecule has 0 saturated heterocycles. The SMILES string of the molecule is CC.COc1cnc(C#CCCS(C)=O)cc1NC(=O)OC(C)(C)C. The van der Waals surface area contributed by atoms with Gasteiger partial charge in [-0.15, -0.1) is 0 Å². The van der Waals surface area contributed by atoms with Crippen molar-refractivity contribution in [1.82, 2.24) is 4.98 Å². The van der Waals surface area contributed by atoms with Crippen molar-refractivity contribution in [2.24, 2.45) is 0 Å². The van der Waals surface area contributed by atoms with Gasteiger partial charge in [-0.05, 0) is 32.8 Å². The summed E-state index contributed by atoms with van der Waals surface area (Å²) in [6, 6.07) is 1.61. The van der Waals surface area contributed by atoms with Crippen LogP contribution in [0.25, 0.3) is 0 Å². The van der Waals surface area contributed by atoms with Gasteiger partial charge in [0.15, 0.2) is 5.75 Å². The molecular weight excluding hydrogens is 340 g/mol. The standard InChI is InChI=1S/C16H22N2O4S.C2H6/c1-16(2,3)22-15(19)18-13-10-12(17-11-14(13)21-4)8-6-7-9-23(5)20;1-2/h10-11H,7,9H2,1-5H3,(H,17,18,19);1-2H3. The van der Waals surface area contributed by atoms with Gasteiger partial charge in [-0.1, -0.05) is 19.8 Å². The second-order valence-corrected chi connectivity index (χ2v) is 7.28. The van der Waals surface area contributed by atoms with Crippen molar-refractivity contribution in [3.8, 4) is 17.6 Å². The molecule has 0 bridgehead atoms. The summed E-state index contributed by atoms with van der Waals surface area (Å²) in [6.45, 7) is 9.35. The average molecular weight is 368 g/mol. The lowest BCUT2D eigenvalue weighted by atomic mass is 10.2. The van der Waals surface area contributed by atoms with Crippen molar-refractivity contribution in [2.45, 2.75) is 46.6 Å². The number of nitrogens with zero attached hydrogens (tertiary/aromatic N) is 1. The molecule has 25 heavy (non-hydrogen) atoms. The van der Waals surface area contributed by atoms with E-state index in [0.29, 0.717) is 29.3 Å². The summed E-state index contributed by atoms with van der Waals surface area (Å²) in [6.07, 6.45) is 3.05. The maximum Gasteiger partial charge on any atom is 0.412 e. The van der Waals surface area contributed by atoms with E-state index in [1.165, 1.54) is 13.3 Å². The number of rotatable bonds is 4. The number of methoxy groups -OCH3 is 1. The molecule has 1 atom stereocenters. The molecule has 0 radical (unpaired) electrons. The van der Waals surface area contributed by atoms with E-state index in [-0.39, 0.29) is 0 Å². The second-order valence-electron chi connectivity index (χ2n) is 5.73. The van der Waals surface area contributed by atoms with Crippen LogP contribution in [0.3, 0.4) is 0 Å². The van der Waals surface area contributed by atoms with E-state index in [9.17, 15) is 9.00 Å². The van der Waals surface area contributed by atoms with Gasteiger partial charge in [0.25, 0.3) is 0 Å². The van der Waals surface area contributed by atoms with Gasteiger partial charge in [0.05, 0.1) is 19.0 Å². The third kappa shape index (κ3) is 10.4. The van der Waals surface area contributed by atoms with Crippen LogP contribution in [0.2, 0.25) is 0 Å². The lowest BCUT2D eigenvalue weighted by molar-refractivity contribution is 0.0635. The molecule has 7 heteroatoms. The van der Waals surface area contributed by atoms with Crippen LogP contribution in [0.15, 0.2) is 12.3 Å². The maximum atomic E-state index is 11.9. The Morgan fingerprint density at radius 1 is 1.36 bits per heavy atom. The number of amides is 1. The minimum atomic E-state index is -0.867. The number of aromatic nitrogens is 1. The van der Waals surface area contributed by atoms with Crippen molar-refractivity contribution >= 4 is 22.6 Å². The maximum absolute atomic E-state index is 11.9. The summed E-state index contributed by atoms with van der Waals surface area (Å²) in [4.78, 5) is 16.0. The Hall–Kier alpha value is -2.07. The molecule has 0 aromatic carbocycles. The van der Waals surface area contributed by atoms with Gasteiger partial charge < -0.3 is 9.47 Å². The van der Waals surface area contributed by atoms with E-state index in [0.717, 1.165) is 0 Å². The third-order valence-electron chi connectivity index (χ3n) is 2.45. The fourth-order valence-electron chi connectivity index (χ4n) is 1.53. The lowest BCUT2D eigenvalue weighted by Crippen LogP contribution is -2.27. The molecule has 0 saturated carbocycles. The quantitative estimate of drug-likeness (QED) is 0.822. The molecule has 1 amide bonds. The van der Waals surface area contributed by atoms with Gasteiger partial charge in [-0.2, -0.15) is 0 Å². The predicted molar refractivity (Wildman–Crippen MR) is 102 cm³/mol. The first-order valence-corrected chi connectivity index (χ1v) is 9.77. The third-order valence-corrected chi connectivity index (χ3v) is 3.23. The largest absolute Gasteiger partial charge is 0.493 e. The zero-order valence-corrected chi connectivity index (χ0v) is 16.9. The monoisotopic (exact) mass is 368 g/mol. The van der Waals surface area contributed by atoms with Gasteiger partial charge in [0.1, 0.15) is 11.3 Å². The van der Waals surface area contributed by atoms with Gasteiger partial charge in [-0.25, -0.2) is 9.78 Å². The van der Waals surface area contributed by atoms with Crippen LogP contribution >= 0.6 is 0 Å². The van der Waals surface area contributed by atoms with Crippen molar-refractivity contribution in [2.75, 3.05) is 24.4 Å². The van der Waals surface area contributed by atoms with Crippen LogP contribution in [0.4, 0.5) is 10.5 Å². The zero-order chi connectivity index (χ0) is 19.5. The summed E-state index contributed by atoms with van der Waals surface area (Å²) in [5.41, 5.74) is 0.321. The van der Waals surface area contributed by atoms with E-state index in [1.54, 1.807) is 33.1 Å². The lowest BCUT2D eigenvalue weighted by Gasteiger charge is -2.20. The summed E-state index contributed by atoms with van der Waals surface area (Å²) in [5.74, 6) is 6.70. The minimum Gasteiger partial charge on any atom is -0.493 e. The first-order valence-electron chi connectivity index (χ1n) is 8.04. The second kappa shape index (κ2) is 11.5. The van der Waals surface area contributed by atoms with E-state index in [4.69, 9.17) is 9.47 Å². The van der Waals surface area contributed by atoms with E-state index >= 15 is 0 Å². The average Bonchev–Trinajstić information content (AvgIpc) is 2.51. The minimum absolute atomic E-state index is 0.413. The molecule has 0 aliphatic rings. The van der Waals surface area contributed by atoms with Crippen molar-refractivity contribution in [1.29, 1.82) is 0 Å². The molecule has 140 valence electrons. The summed E-state index contributed by atoms with van der Waals surface area (Å²) >= 11 is 0. The summed E-state index contributed by atoms with van der Waals surface area (Å²) in [5, 5.41) is 2.62. The molecule has 1 unspecified atom stereocenters. The number of ether oxygens (including phenoxy) is 2. The highest BCUT2D eigenvalue weighted by molar-refractivity contribution is 7.84. The normalized spacial score (nSPS) is 11.2. The van der Waals surface area contributed by atoms with Gasteiger partial charge in [-0.3, -0.25) is 9.53 Å². The Morgan fingerprint density at radius 3 is 2.52 bits per heavy atom. The molecular formula is C18H28N2O4S. The molecule has 1 aromatic heterocycles. The van der Waals surface area contributed by atoms with Gasteiger partial charge in [0.2, 0.25) is 0 Å². The summed E-state index contributed by atoms with van der Waals surface area (Å²) in [7, 11) is 0.618. The first kappa shape index (κ1) is 22.9. The number of anilines is 1. The van der Waals surface area contributed by atoms with Gasteiger partial charge >= 0.3 is 6.09 Å². The van der Waals surface area contributed by atoms with Crippen LogP contribution in [0.5, 0.6) is 5.75 Å². The number of carbonyl (C=O) groups is 1. The number of hydrogen-bond donors (Lipinski definition) is 1. The van der Waals surface area contributed by atoms with Crippen LogP contribution in [-0.4, -0.2) is 40.0 Å². The molecule has 0 aliphatic heterocycles. The van der Waals surface area contributed by atoms with Crippen molar-refractivity contribution < 1.29 is 18.5 Å². The Balaban J connectivity index is 0.00000277. The molecule has 0 spiro atoms. The van der Waals surface area contributed by atoms with Crippen LogP contribution in [0, 0.1) is 11.8 Å². The zero-order valence-electron chi connectivity index (χ0n) is 16.1. The van der Waals surface area contributed by atoms with Gasteiger partial charge in [0, 0.05) is 29.2 Å². The fourth-order valence-corrected chi connectivity index (χ4v) is 1.92. The highest BCUT2D eigenvalue weighted by Crippen LogP contribution is 2.24. The summed E-state index contributed by atoms with van der Waals surface area (Å²) < 4.78 is 21.4. The van der Waals surface area contributed by atoms with Crippen molar-refractivity contribution in [3.05, 3.63) is 18.0 Å². The first-order chi connectivity index (χ1) is 11.7. The van der Waals surface area contributed by atoms with Crippen molar-refractivity contribution in [3.63, 3.8) is 0 Å². The Morgan fingerprint density at radius 2 is 2.00 bits per heavy atom. The molecule has 1 N–H and O–H groups in total. The Labute approximate surface area is 153 Å². The Kier molecular flexibility index (Phi) is 10.5. The molecule has 1 rings (SSSR count). The number of nitrogens with one attached hydrogen (secondary N) is 1. The topological polar surface area (TPSA) is 77.5 Å². The molecule has 6 nitrogen and oxygen atoms in total. The molecule has 0 fully saturated rings. The van der Waals surface area contributed by atoms with E-state index in [2.05, 4.69) is 22.1 Å². The Bertz CT molecular complexity index is 643. The van der Waals surface area contributed by atoms with Crippen LogP contribution in [-0.2, 0) is 15.5 Å². The van der Waals surface area contributed by atoms with Crippen LogP contribution in [0.1, 0.15) is 46.7 Å². The smallest absolute Gasteiger partial charge is 0.412 e. The highest BCUT2D eigenvalue weighted by Gasteiger charge is 2.17. The number of carbonyl (C=O) groups excluding carboxylic acids is 1. The number of pyridine rings is 1. The fraction of sp³-hybridized carbons (Fsp3) is 0.556. The van der Waals surface area contributed by atoms with Crippen LogP contribution < -0.4 is 10.1 Å². The predicted octanol–water partition coefficient (Wildman–Crippen LogP) is 3.58. The van der Waals surface area contributed by atoms with E-state index in [1.807, 2.05) is 13.8 Å². The van der Waals surface area contributed by atoms with E-state index < -0.39 is 22.5 Å². The highest BCUT2D eigenvalue weighted by atomic mass is 32.2. The number of hydrogen-bond acceptors (Lipinski definition) is 5. The molecule has 1 heterocycles. The molecule has 0 aliphatic carbocycles. The molecule has 1 aromatic rings.